The largest absolute Gasteiger partial charge is 0.295 e. The van der Waals surface area contributed by atoms with Gasteiger partial charge in [-0.2, -0.15) is 16.8 Å². The predicted octanol–water partition coefficient (Wildman–Crippen LogP) is 4.03. The van der Waals surface area contributed by atoms with Gasteiger partial charge in [-0.1, -0.05) is 38.7 Å². The zero-order chi connectivity index (χ0) is 25.7. The molecule has 0 radical (unpaired) electrons. The van der Waals surface area contributed by atoms with Crippen LogP contribution in [-0.4, -0.2) is 35.8 Å². The standard InChI is InChI=1S/C9H9NO5S.C7H9NO5S.C2H6/c1-2-3-7-4-5-8(10(11)12)6-9(7)16(13,14)15;1-6(8(9)10)4-3-5-7(2)14(11,12)13;1-2/h2-6H,1H3,(H,13,14,15);3-5H,2H2,1H3,(H,11,12,13);1-2H3/b3-2+;5-3-,6-4+;. The van der Waals surface area contributed by atoms with E-state index in [2.05, 4.69) is 6.58 Å². The van der Waals surface area contributed by atoms with Gasteiger partial charge >= 0.3 is 0 Å². The van der Waals surface area contributed by atoms with Crippen molar-refractivity contribution in [2.75, 3.05) is 0 Å². The molecule has 0 unspecified atom stereocenters. The normalized spacial score (nSPS) is 11.9. The average molecular weight is 493 g/mol. The third kappa shape index (κ3) is 11.8. The number of nitro benzene ring substituents is 1. The minimum absolute atomic E-state index is 0.149. The van der Waals surface area contributed by atoms with Crippen LogP contribution in [0.2, 0.25) is 0 Å². The zero-order valence-electron chi connectivity index (χ0n) is 17.7. The molecule has 0 atom stereocenters. The fourth-order valence-electron chi connectivity index (χ4n) is 1.62. The molecule has 0 aliphatic carbocycles. The number of hydrogen-bond donors (Lipinski definition) is 2. The molecule has 0 saturated heterocycles. The Morgan fingerprint density at radius 2 is 1.62 bits per heavy atom. The summed E-state index contributed by atoms with van der Waals surface area (Å²) in [5.41, 5.74) is -0.333. The van der Waals surface area contributed by atoms with Crippen molar-refractivity contribution in [3.63, 3.8) is 0 Å². The Kier molecular flexibility index (Phi) is 13.5. The van der Waals surface area contributed by atoms with Crippen molar-refractivity contribution in [2.24, 2.45) is 0 Å². The van der Waals surface area contributed by atoms with Gasteiger partial charge in [0.05, 0.1) is 14.8 Å². The maximum absolute atomic E-state index is 11.0. The number of allylic oxidation sites excluding steroid dienone is 5. The molecule has 1 rings (SSSR count). The van der Waals surface area contributed by atoms with Gasteiger partial charge in [-0.15, -0.1) is 0 Å². The van der Waals surface area contributed by atoms with Crippen LogP contribution in [0.3, 0.4) is 0 Å². The monoisotopic (exact) mass is 492 g/mol. The highest BCUT2D eigenvalue weighted by atomic mass is 32.2. The molecule has 14 heteroatoms. The van der Waals surface area contributed by atoms with Gasteiger partial charge < -0.3 is 0 Å². The number of benzene rings is 1. The third-order valence-corrected chi connectivity index (χ3v) is 4.78. The molecule has 0 heterocycles. The van der Waals surface area contributed by atoms with Crippen LogP contribution in [-0.2, 0) is 20.2 Å². The van der Waals surface area contributed by atoms with Gasteiger partial charge in [0.1, 0.15) is 4.90 Å². The van der Waals surface area contributed by atoms with Crippen molar-refractivity contribution in [1.82, 2.24) is 0 Å². The first-order chi connectivity index (χ1) is 14.6. The van der Waals surface area contributed by atoms with E-state index in [1.54, 1.807) is 13.0 Å². The Balaban J connectivity index is 0. The van der Waals surface area contributed by atoms with E-state index < -0.39 is 39.9 Å². The smallest absolute Gasteiger partial charge is 0.282 e. The molecule has 12 nitrogen and oxygen atoms in total. The van der Waals surface area contributed by atoms with Crippen LogP contribution in [0.4, 0.5) is 5.69 Å². The molecule has 0 amide bonds. The van der Waals surface area contributed by atoms with Crippen molar-refractivity contribution in [3.8, 4) is 0 Å². The molecule has 1 aromatic rings. The number of non-ortho nitro benzene ring substituents is 1. The molecule has 0 aliphatic heterocycles. The summed E-state index contributed by atoms with van der Waals surface area (Å²) in [4.78, 5) is 18.2. The lowest BCUT2D eigenvalue weighted by Gasteiger charge is -2.02. The van der Waals surface area contributed by atoms with Crippen LogP contribution >= 0.6 is 0 Å². The molecule has 0 bridgehead atoms. The van der Waals surface area contributed by atoms with Crippen molar-refractivity contribution in [1.29, 1.82) is 0 Å². The minimum atomic E-state index is -4.47. The number of rotatable bonds is 7. The zero-order valence-corrected chi connectivity index (χ0v) is 19.3. The van der Waals surface area contributed by atoms with Gasteiger partial charge in [-0.05, 0) is 24.6 Å². The summed E-state index contributed by atoms with van der Waals surface area (Å²) in [5.74, 6) is 0. The molecule has 2 N–H and O–H groups in total. The lowest BCUT2D eigenvalue weighted by atomic mass is 10.2. The van der Waals surface area contributed by atoms with Crippen molar-refractivity contribution < 1.29 is 35.8 Å². The lowest BCUT2D eigenvalue weighted by molar-refractivity contribution is -0.424. The van der Waals surface area contributed by atoms with Crippen LogP contribution in [0.1, 0.15) is 33.3 Å². The van der Waals surface area contributed by atoms with E-state index in [1.807, 2.05) is 13.8 Å². The minimum Gasteiger partial charge on any atom is -0.282 e. The second-order valence-electron chi connectivity index (χ2n) is 5.32. The highest BCUT2D eigenvalue weighted by Gasteiger charge is 2.18. The molecular weight excluding hydrogens is 468 g/mol. The van der Waals surface area contributed by atoms with Gasteiger partial charge in [-0.3, -0.25) is 29.3 Å². The maximum Gasteiger partial charge on any atom is 0.295 e. The summed E-state index contributed by atoms with van der Waals surface area (Å²) in [7, 11) is -8.77. The fourth-order valence-corrected chi connectivity index (χ4v) is 2.57. The molecule has 178 valence electrons. The van der Waals surface area contributed by atoms with Crippen LogP contribution in [0.5, 0.6) is 0 Å². The van der Waals surface area contributed by atoms with Gasteiger partial charge in [0, 0.05) is 25.1 Å². The van der Waals surface area contributed by atoms with Gasteiger partial charge in [0.2, 0.25) is 5.70 Å². The Morgan fingerprint density at radius 1 is 1.09 bits per heavy atom. The van der Waals surface area contributed by atoms with Crippen LogP contribution < -0.4 is 0 Å². The predicted molar refractivity (Wildman–Crippen MR) is 120 cm³/mol. The Hall–Kier alpha value is -3.20. The summed E-state index contributed by atoms with van der Waals surface area (Å²) in [6.45, 7) is 9.96. The van der Waals surface area contributed by atoms with E-state index in [1.165, 1.54) is 25.1 Å². The Morgan fingerprint density at radius 3 is 2.00 bits per heavy atom. The molecule has 0 saturated carbocycles. The molecule has 1 aromatic carbocycles. The summed E-state index contributed by atoms with van der Waals surface area (Å²) in [6.07, 6.45) is 6.18. The lowest BCUT2D eigenvalue weighted by Crippen LogP contribution is -2.02. The summed E-state index contributed by atoms with van der Waals surface area (Å²) in [5, 5.41) is 20.5. The van der Waals surface area contributed by atoms with E-state index in [9.17, 15) is 37.1 Å². The topological polar surface area (TPSA) is 195 Å². The average Bonchev–Trinajstić information content (AvgIpc) is 2.68. The van der Waals surface area contributed by atoms with Gasteiger partial charge in [0.25, 0.3) is 25.9 Å². The van der Waals surface area contributed by atoms with E-state index in [0.717, 1.165) is 24.3 Å². The molecule has 0 aromatic heterocycles. The highest BCUT2D eigenvalue weighted by molar-refractivity contribution is 7.90. The van der Waals surface area contributed by atoms with E-state index >= 15 is 0 Å². The van der Waals surface area contributed by atoms with Crippen molar-refractivity contribution in [2.45, 2.75) is 32.6 Å². The van der Waals surface area contributed by atoms with Crippen LogP contribution in [0.15, 0.2) is 64.6 Å². The second-order valence-corrected chi connectivity index (χ2v) is 8.18. The maximum atomic E-state index is 11.0. The third-order valence-electron chi connectivity index (χ3n) is 3.07. The van der Waals surface area contributed by atoms with E-state index in [0.29, 0.717) is 0 Å². The number of hydrogen-bond acceptors (Lipinski definition) is 8. The SMILES string of the molecule is C/C=C/c1ccc([N+](=O)[O-])cc1S(=O)(=O)O.C=C(/C=C\C=C(/C)[N+](=O)[O-])S(=O)(=O)O.CC. The Labute approximate surface area is 186 Å². The summed E-state index contributed by atoms with van der Waals surface area (Å²) in [6, 6.07) is 3.26. The van der Waals surface area contributed by atoms with Crippen molar-refractivity contribution in [3.05, 3.63) is 85.5 Å². The first-order valence-electron chi connectivity index (χ1n) is 8.65. The molecular formula is C18H24N2O10S2. The summed E-state index contributed by atoms with van der Waals surface area (Å²) < 4.78 is 60.1. The second kappa shape index (κ2) is 14.0. The van der Waals surface area contributed by atoms with Crippen LogP contribution in [0.25, 0.3) is 6.08 Å². The number of nitrogens with zero attached hydrogens (tertiary/aromatic N) is 2. The molecule has 0 spiro atoms. The molecule has 32 heavy (non-hydrogen) atoms. The highest BCUT2D eigenvalue weighted by Crippen LogP contribution is 2.23. The van der Waals surface area contributed by atoms with Crippen molar-refractivity contribution >= 4 is 32.0 Å². The fraction of sp³-hybridized carbons (Fsp3) is 0.222. The first kappa shape index (κ1) is 31.0. The summed E-state index contributed by atoms with van der Waals surface area (Å²) >= 11 is 0. The first-order valence-corrected chi connectivity index (χ1v) is 11.5. The quantitative estimate of drug-likeness (QED) is 0.243. The van der Waals surface area contributed by atoms with Gasteiger partial charge in [-0.25, -0.2) is 0 Å². The number of nitro groups is 2. The van der Waals surface area contributed by atoms with Gasteiger partial charge in [0.15, 0.2) is 0 Å². The Bertz CT molecular complexity index is 1130. The molecule has 0 aliphatic rings. The molecule has 0 fully saturated rings. The van der Waals surface area contributed by atoms with E-state index in [-0.39, 0.29) is 16.9 Å². The van der Waals surface area contributed by atoms with E-state index in [4.69, 9.17) is 9.11 Å². The van der Waals surface area contributed by atoms with Crippen LogP contribution in [0, 0.1) is 20.2 Å².